The Balaban J connectivity index is 1.50. The summed E-state index contributed by atoms with van der Waals surface area (Å²) in [6.07, 6.45) is 2.39. The number of tetrazole rings is 1. The maximum Gasteiger partial charge on any atom is 0.253 e. The molecule has 1 N–H and O–H groups in total. The van der Waals surface area contributed by atoms with Gasteiger partial charge in [-0.1, -0.05) is 60.1 Å². The van der Waals surface area contributed by atoms with Crippen molar-refractivity contribution in [3.63, 3.8) is 0 Å². The average Bonchev–Trinajstić information content (AvgIpc) is 3.68. The highest BCUT2D eigenvalue weighted by atomic mass is 35.5. The molecule has 0 fully saturated rings. The van der Waals surface area contributed by atoms with E-state index in [1.54, 1.807) is 10.9 Å². The second-order valence-corrected chi connectivity index (χ2v) is 11.0. The smallest absolute Gasteiger partial charge is 0.253 e. The highest BCUT2D eigenvalue weighted by molar-refractivity contribution is 6.31. The lowest BCUT2D eigenvalue weighted by atomic mass is 10.00. The molecule has 0 aliphatic rings. The lowest BCUT2D eigenvalue weighted by Gasteiger charge is -2.30. The molecule has 3 heterocycles. The van der Waals surface area contributed by atoms with Gasteiger partial charge in [0.2, 0.25) is 0 Å². The van der Waals surface area contributed by atoms with Gasteiger partial charge in [0.05, 0.1) is 12.8 Å². The predicted octanol–water partition coefficient (Wildman–Crippen LogP) is 6.41. The molecule has 0 aliphatic carbocycles. The number of aromatic nitrogens is 5. The quantitative estimate of drug-likeness (QED) is 0.202. The van der Waals surface area contributed by atoms with Gasteiger partial charge in [-0.05, 0) is 94.7 Å². The second kappa shape index (κ2) is 12.1. The lowest BCUT2D eigenvalue weighted by molar-refractivity contribution is 0.179. The Morgan fingerprint density at radius 1 is 0.952 bits per heavy atom. The van der Waals surface area contributed by atoms with Crippen molar-refractivity contribution in [2.45, 2.75) is 45.9 Å². The average molecular weight is 579 g/mol. The zero-order chi connectivity index (χ0) is 29.1. The minimum Gasteiger partial charge on any atom is -0.468 e. The van der Waals surface area contributed by atoms with Crippen molar-refractivity contribution < 1.29 is 4.42 Å². The molecule has 1 unspecified atom stereocenters. The zero-order valence-corrected chi connectivity index (χ0v) is 24.3. The summed E-state index contributed by atoms with van der Waals surface area (Å²) in [5.41, 5.74) is 5.49. The van der Waals surface area contributed by atoms with Gasteiger partial charge >= 0.3 is 0 Å². The molecule has 0 aliphatic heterocycles. The van der Waals surface area contributed by atoms with Gasteiger partial charge in [-0.2, -0.15) is 0 Å². The number of hydrogen-bond acceptors (Lipinski definition) is 6. The Morgan fingerprint density at radius 3 is 2.52 bits per heavy atom. The van der Waals surface area contributed by atoms with Crippen LogP contribution in [0.5, 0.6) is 0 Å². The summed E-state index contributed by atoms with van der Waals surface area (Å²) in [5, 5.41) is 14.5. The Bertz CT molecular complexity index is 1860. The van der Waals surface area contributed by atoms with Gasteiger partial charge in [-0.25, -0.2) is 4.68 Å². The number of nitrogens with one attached hydrogen (secondary N) is 1. The Hall–Kier alpha value is -4.53. The third-order valence-electron chi connectivity index (χ3n) is 7.68. The normalized spacial score (nSPS) is 12.3. The van der Waals surface area contributed by atoms with Crippen molar-refractivity contribution in [2.75, 3.05) is 0 Å². The molecule has 8 nitrogen and oxygen atoms in total. The number of pyridine rings is 1. The second-order valence-electron chi connectivity index (χ2n) is 10.6. The van der Waals surface area contributed by atoms with Gasteiger partial charge in [0.15, 0.2) is 5.82 Å². The van der Waals surface area contributed by atoms with Crippen LogP contribution in [0.4, 0.5) is 0 Å². The molecule has 0 saturated heterocycles. The highest BCUT2D eigenvalue weighted by Gasteiger charge is 2.32. The first kappa shape index (κ1) is 27.6. The van der Waals surface area contributed by atoms with Crippen LogP contribution in [-0.2, 0) is 26.1 Å². The van der Waals surface area contributed by atoms with E-state index in [0.717, 1.165) is 39.8 Å². The molecule has 6 rings (SSSR count). The van der Waals surface area contributed by atoms with E-state index in [2.05, 4.69) is 50.5 Å². The Kier molecular flexibility index (Phi) is 7.99. The van der Waals surface area contributed by atoms with E-state index in [1.807, 2.05) is 73.7 Å². The fourth-order valence-electron chi connectivity index (χ4n) is 5.33. The van der Waals surface area contributed by atoms with Gasteiger partial charge in [0, 0.05) is 29.2 Å². The maximum atomic E-state index is 13.9. The van der Waals surface area contributed by atoms with E-state index >= 15 is 0 Å². The maximum absolute atomic E-state index is 13.9. The molecule has 6 aromatic rings. The molecule has 1 atom stereocenters. The van der Waals surface area contributed by atoms with E-state index < -0.39 is 6.04 Å². The van der Waals surface area contributed by atoms with Gasteiger partial charge in [-0.15, -0.1) is 5.10 Å². The van der Waals surface area contributed by atoms with E-state index in [4.69, 9.17) is 16.0 Å². The number of H-pyrrole nitrogens is 1. The number of benzene rings is 3. The summed E-state index contributed by atoms with van der Waals surface area (Å²) in [6, 6.07) is 27.2. The van der Waals surface area contributed by atoms with Gasteiger partial charge in [0.25, 0.3) is 5.56 Å². The molecule has 3 aromatic heterocycles. The summed E-state index contributed by atoms with van der Waals surface area (Å²) >= 11 is 6.65. The van der Waals surface area contributed by atoms with E-state index in [-0.39, 0.29) is 5.56 Å². The van der Waals surface area contributed by atoms with Crippen LogP contribution >= 0.6 is 11.6 Å². The largest absolute Gasteiger partial charge is 0.468 e. The molecule has 0 amide bonds. The number of hydrogen-bond donors (Lipinski definition) is 1. The van der Waals surface area contributed by atoms with Crippen molar-refractivity contribution in [3.8, 4) is 0 Å². The summed E-state index contributed by atoms with van der Waals surface area (Å²) in [6.45, 7) is 5.49. The predicted molar refractivity (Wildman–Crippen MR) is 163 cm³/mol. The van der Waals surface area contributed by atoms with Crippen molar-refractivity contribution in [3.05, 3.63) is 146 Å². The highest BCUT2D eigenvalue weighted by Crippen LogP contribution is 2.32. The third-order valence-corrected chi connectivity index (χ3v) is 8.05. The fourth-order valence-corrected chi connectivity index (χ4v) is 5.52. The molecule has 0 bridgehead atoms. The van der Waals surface area contributed by atoms with E-state index in [1.165, 1.54) is 5.56 Å². The summed E-state index contributed by atoms with van der Waals surface area (Å²) in [7, 11) is 0. The molecule has 0 radical (unpaired) electrons. The van der Waals surface area contributed by atoms with Crippen molar-refractivity contribution in [2.24, 2.45) is 0 Å². The first-order valence-corrected chi connectivity index (χ1v) is 14.3. The van der Waals surface area contributed by atoms with E-state index in [0.29, 0.717) is 36.0 Å². The summed E-state index contributed by atoms with van der Waals surface area (Å²) in [4.78, 5) is 19.1. The Labute approximate surface area is 248 Å². The van der Waals surface area contributed by atoms with Gasteiger partial charge < -0.3 is 9.40 Å². The first-order chi connectivity index (χ1) is 20.5. The Morgan fingerprint density at radius 2 is 1.74 bits per heavy atom. The number of rotatable bonds is 10. The van der Waals surface area contributed by atoms with Crippen LogP contribution in [0.2, 0.25) is 5.02 Å². The molecular weight excluding hydrogens is 548 g/mol. The van der Waals surface area contributed by atoms with Crippen LogP contribution < -0.4 is 5.56 Å². The first-order valence-electron chi connectivity index (χ1n) is 13.9. The number of furan rings is 1. The minimum absolute atomic E-state index is 0.197. The lowest BCUT2D eigenvalue weighted by Crippen LogP contribution is -2.35. The molecular formula is C33H31ClN6O2. The van der Waals surface area contributed by atoms with E-state index in [9.17, 15) is 4.79 Å². The molecule has 9 heteroatoms. The summed E-state index contributed by atoms with van der Waals surface area (Å²) in [5.74, 6) is 1.32. The molecule has 0 spiro atoms. The van der Waals surface area contributed by atoms with Crippen LogP contribution in [0.15, 0.2) is 100 Å². The number of aromatic amines is 1. The fraction of sp³-hybridized carbons (Fsp3) is 0.212. The van der Waals surface area contributed by atoms with Crippen LogP contribution in [0.1, 0.15) is 45.4 Å². The van der Waals surface area contributed by atoms with Crippen LogP contribution in [-0.4, -0.2) is 30.1 Å². The van der Waals surface area contributed by atoms with Crippen LogP contribution in [0, 0.1) is 13.8 Å². The molecule has 0 saturated carbocycles. The molecule has 212 valence electrons. The number of aryl methyl sites for hydroxylation is 4. The minimum atomic E-state index is -0.605. The van der Waals surface area contributed by atoms with Gasteiger partial charge in [-0.3, -0.25) is 9.69 Å². The van der Waals surface area contributed by atoms with Crippen molar-refractivity contribution in [1.82, 2.24) is 30.1 Å². The molecule has 3 aromatic carbocycles. The van der Waals surface area contributed by atoms with Gasteiger partial charge in [0.1, 0.15) is 11.8 Å². The number of fused-ring (bicyclic) bond motifs is 1. The third kappa shape index (κ3) is 5.91. The number of halogens is 1. The topological polar surface area (TPSA) is 92.8 Å². The monoisotopic (exact) mass is 578 g/mol. The molecule has 42 heavy (non-hydrogen) atoms. The summed E-state index contributed by atoms with van der Waals surface area (Å²) < 4.78 is 7.58. The standard InChI is InChI=1S/C33H31ClN6O2/c1-22-17-26-19-28(33(41)35-30(26)18-23(22)2)31(32-36-37-38-40(32)15-14-24-9-4-3-5-10-24)39(21-27-12-8-16-42-27)20-25-11-6-7-13-29(25)34/h3-13,16-19,31H,14-15,20-21H2,1-2H3,(H,35,41). The number of nitrogens with zero attached hydrogens (tertiary/aromatic N) is 5. The SMILES string of the molecule is Cc1cc2cc(C(c3nnnn3CCc3ccccc3)N(Cc3ccco3)Cc3ccccc3Cl)c(=O)[nH]c2cc1C. The van der Waals surface area contributed by atoms with Crippen LogP contribution in [0.3, 0.4) is 0 Å². The van der Waals surface area contributed by atoms with Crippen molar-refractivity contribution >= 4 is 22.5 Å². The zero-order valence-electron chi connectivity index (χ0n) is 23.5. The van der Waals surface area contributed by atoms with Crippen LogP contribution in [0.25, 0.3) is 10.9 Å². The van der Waals surface area contributed by atoms with Crippen molar-refractivity contribution in [1.29, 1.82) is 0 Å².